The standard InChI is InChI=1S/C24H26O9/c1-3-9-31-11-13-33-24(29)20-15-17(7-8-19(20)22(26)27)21(25)16-5-4-6-18(14-16)23(28)32-12-10-30-2/h4-8,14-15H,3,9-13H2,1-2H3,(H,26,27). The summed E-state index contributed by atoms with van der Waals surface area (Å²) in [6, 6.07) is 9.54. The Bertz CT molecular complexity index is 997. The van der Waals surface area contributed by atoms with Crippen LogP contribution in [0, 0.1) is 0 Å². The van der Waals surface area contributed by atoms with Crippen LogP contribution in [0.1, 0.15) is 60.3 Å². The maximum absolute atomic E-state index is 13.0. The Morgan fingerprint density at radius 1 is 0.758 bits per heavy atom. The first-order chi connectivity index (χ1) is 15.9. The van der Waals surface area contributed by atoms with E-state index in [0.29, 0.717) is 6.61 Å². The largest absolute Gasteiger partial charge is 0.478 e. The summed E-state index contributed by atoms with van der Waals surface area (Å²) in [5, 5.41) is 9.41. The minimum Gasteiger partial charge on any atom is -0.478 e. The Kier molecular flexibility index (Phi) is 10.2. The summed E-state index contributed by atoms with van der Waals surface area (Å²) in [4.78, 5) is 49.1. The van der Waals surface area contributed by atoms with E-state index in [0.717, 1.165) is 6.42 Å². The van der Waals surface area contributed by atoms with Crippen LogP contribution in [0.15, 0.2) is 42.5 Å². The minimum absolute atomic E-state index is 0.0523. The van der Waals surface area contributed by atoms with Gasteiger partial charge in [-0.05, 0) is 30.7 Å². The van der Waals surface area contributed by atoms with E-state index >= 15 is 0 Å². The fourth-order valence-electron chi connectivity index (χ4n) is 2.81. The smallest absolute Gasteiger partial charge is 0.339 e. The highest BCUT2D eigenvalue weighted by Gasteiger charge is 2.21. The van der Waals surface area contributed by atoms with Crippen molar-refractivity contribution in [3.63, 3.8) is 0 Å². The second kappa shape index (κ2) is 13.1. The van der Waals surface area contributed by atoms with Crippen molar-refractivity contribution in [2.75, 3.05) is 40.1 Å². The molecule has 2 rings (SSSR count). The van der Waals surface area contributed by atoms with E-state index in [-0.39, 0.29) is 54.2 Å². The molecule has 2 aromatic carbocycles. The summed E-state index contributed by atoms with van der Waals surface area (Å²) in [5.41, 5.74) is -0.128. The number of carbonyl (C=O) groups is 4. The Morgan fingerprint density at radius 2 is 1.42 bits per heavy atom. The third kappa shape index (κ3) is 7.51. The van der Waals surface area contributed by atoms with Crippen LogP contribution in [-0.2, 0) is 18.9 Å². The maximum Gasteiger partial charge on any atom is 0.339 e. The van der Waals surface area contributed by atoms with Gasteiger partial charge in [0.25, 0.3) is 0 Å². The number of rotatable bonds is 13. The molecule has 0 fully saturated rings. The summed E-state index contributed by atoms with van der Waals surface area (Å²) in [6.45, 7) is 2.88. The maximum atomic E-state index is 13.0. The number of ketones is 1. The van der Waals surface area contributed by atoms with Crippen molar-refractivity contribution in [2.24, 2.45) is 0 Å². The molecule has 0 bridgehead atoms. The average molecular weight is 458 g/mol. The number of hydrogen-bond acceptors (Lipinski definition) is 8. The number of carboxylic acids is 1. The molecule has 0 aromatic heterocycles. The third-order valence-corrected chi connectivity index (χ3v) is 4.42. The molecule has 176 valence electrons. The van der Waals surface area contributed by atoms with Crippen LogP contribution in [0.5, 0.6) is 0 Å². The van der Waals surface area contributed by atoms with Gasteiger partial charge in [-0.25, -0.2) is 14.4 Å². The van der Waals surface area contributed by atoms with Crippen molar-refractivity contribution in [1.82, 2.24) is 0 Å². The first-order valence-corrected chi connectivity index (χ1v) is 10.3. The van der Waals surface area contributed by atoms with Gasteiger partial charge < -0.3 is 24.1 Å². The number of benzene rings is 2. The summed E-state index contributed by atoms with van der Waals surface area (Å²) in [7, 11) is 1.48. The molecule has 0 unspecified atom stereocenters. The lowest BCUT2D eigenvalue weighted by Gasteiger charge is -2.10. The van der Waals surface area contributed by atoms with Gasteiger partial charge in [0.1, 0.15) is 13.2 Å². The number of esters is 2. The highest BCUT2D eigenvalue weighted by atomic mass is 16.6. The second-order valence-corrected chi connectivity index (χ2v) is 6.85. The van der Waals surface area contributed by atoms with Crippen molar-refractivity contribution in [1.29, 1.82) is 0 Å². The topological polar surface area (TPSA) is 125 Å². The van der Waals surface area contributed by atoms with E-state index in [9.17, 15) is 24.3 Å². The van der Waals surface area contributed by atoms with Gasteiger partial charge in [0, 0.05) is 24.8 Å². The molecule has 1 N–H and O–H groups in total. The molecule has 0 radical (unpaired) electrons. The first kappa shape index (κ1) is 25.7. The van der Waals surface area contributed by atoms with Crippen LogP contribution < -0.4 is 0 Å². The van der Waals surface area contributed by atoms with Crippen LogP contribution >= 0.6 is 0 Å². The molecule has 0 amide bonds. The number of aromatic carboxylic acids is 1. The van der Waals surface area contributed by atoms with E-state index in [4.69, 9.17) is 18.9 Å². The molecule has 0 saturated carbocycles. The SMILES string of the molecule is CCCOCCOC(=O)c1cc(C(=O)c2cccc(C(=O)OCCOC)c2)ccc1C(=O)O. The summed E-state index contributed by atoms with van der Waals surface area (Å²) >= 11 is 0. The monoisotopic (exact) mass is 458 g/mol. The van der Waals surface area contributed by atoms with Crippen molar-refractivity contribution < 1.29 is 43.2 Å². The van der Waals surface area contributed by atoms with Gasteiger partial charge in [0.05, 0.1) is 29.9 Å². The quantitative estimate of drug-likeness (QED) is 0.274. The molecule has 0 atom stereocenters. The van der Waals surface area contributed by atoms with Crippen molar-refractivity contribution in [3.05, 3.63) is 70.3 Å². The lowest BCUT2D eigenvalue weighted by atomic mass is 9.97. The molecule has 0 aliphatic heterocycles. The van der Waals surface area contributed by atoms with Crippen LogP contribution in [0.25, 0.3) is 0 Å². The van der Waals surface area contributed by atoms with E-state index in [1.54, 1.807) is 0 Å². The lowest BCUT2D eigenvalue weighted by Crippen LogP contribution is -2.16. The molecule has 0 aliphatic rings. The van der Waals surface area contributed by atoms with Crippen molar-refractivity contribution in [3.8, 4) is 0 Å². The minimum atomic E-state index is -1.33. The molecule has 2 aromatic rings. The van der Waals surface area contributed by atoms with E-state index in [1.165, 1.54) is 49.6 Å². The molecule has 0 aliphatic carbocycles. The van der Waals surface area contributed by atoms with Gasteiger partial charge in [0.15, 0.2) is 5.78 Å². The van der Waals surface area contributed by atoms with E-state index in [1.807, 2.05) is 6.92 Å². The van der Waals surface area contributed by atoms with E-state index < -0.39 is 23.7 Å². The number of carboxylic acid groups (broad SMARTS) is 1. The zero-order valence-electron chi connectivity index (χ0n) is 18.5. The number of hydrogen-bond donors (Lipinski definition) is 1. The highest BCUT2D eigenvalue weighted by molar-refractivity contribution is 6.12. The normalized spacial score (nSPS) is 10.5. The number of methoxy groups -OCH3 is 1. The van der Waals surface area contributed by atoms with Crippen LogP contribution in [-0.4, -0.2) is 68.9 Å². The Balaban J connectivity index is 2.22. The average Bonchev–Trinajstić information content (AvgIpc) is 2.83. The van der Waals surface area contributed by atoms with Crippen LogP contribution in [0.2, 0.25) is 0 Å². The first-order valence-electron chi connectivity index (χ1n) is 10.3. The fourth-order valence-corrected chi connectivity index (χ4v) is 2.81. The molecule has 0 saturated heterocycles. The van der Waals surface area contributed by atoms with Gasteiger partial charge >= 0.3 is 17.9 Å². The van der Waals surface area contributed by atoms with Gasteiger partial charge in [-0.3, -0.25) is 4.79 Å². The summed E-state index contributed by atoms with van der Waals surface area (Å²) < 4.78 is 20.2. The zero-order valence-corrected chi connectivity index (χ0v) is 18.5. The lowest BCUT2D eigenvalue weighted by molar-refractivity contribution is 0.0314. The summed E-state index contributed by atoms with van der Waals surface area (Å²) in [6.07, 6.45) is 0.813. The van der Waals surface area contributed by atoms with Gasteiger partial charge in [-0.15, -0.1) is 0 Å². The zero-order chi connectivity index (χ0) is 24.2. The molecule has 9 heteroatoms. The number of ether oxygens (including phenoxy) is 4. The fraction of sp³-hybridized carbons (Fsp3) is 0.333. The molecule has 9 nitrogen and oxygen atoms in total. The van der Waals surface area contributed by atoms with Gasteiger partial charge in [-0.2, -0.15) is 0 Å². The van der Waals surface area contributed by atoms with Crippen molar-refractivity contribution in [2.45, 2.75) is 13.3 Å². The molecule has 0 spiro atoms. The Labute approximate surface area is 191 Å². The second-order valence-electron chi connectivity index (χ2n) is 6.85. The van der Waals surface area contributed by atoms with Crippen molar-refractivity contribution >= 4 is 23.7 Å². The van der Waals surface area contributed by atoms with Crippen LogP contribution in [0.3, 0.4) is 0 Å². The third-order valence-electron chi connectivity index (χ3n) is 4.42. The molecular weight excluding hydrogens is 432 g/mol. The summed E-state index contributed by atoms with van der Waals surface area (Å²) in [5.74, 6) is -3.32. The van der Waals surface area contributed by atoms with Gasteiger partial charge in [-0.1, -0.05) is 25.1 Å². The molecule has 33 heavy (non-hydrogen) atoms. The predicted molar refractivity (Wildman–Crippen MR) is 117 cm³/mol. The molecule has 0 heterocycles. The van der Waals surface area contributed by atoms with Gasteiger partial charge in [0.2, 0.25) is 0 Å². The van der Waals surface area contributed by atoms with E-state index in [2.05, 4.69) is 0 Å². The predicted octanol–water partition coefficient (Wildman–Crippen LogP) is 3.00. The Morgan fingerprint density at radius 3 is 2.12 bits per heavy atom. The highest BCUT2D eigenvalue weighted by Crippen LogP contribution is 2.18. The van der Waals surface area contributed by atoms with Crippen LogP contribution in [0.4, 0.5) is 0 Å². The Hall–Kier alpha value is -3.56. The molecular formula is C24H26O9. The number of carbonyl (C=O) groups excluding carboxylic acids is 3.